The van der Waals surface area contributed by atoms with Gasteiger partial charge in [0.2, 0.25) is 0 Å². The molecule has 0 spiro atoms. The number of hydrogen-bond acceptors (Lipinski definition) is 4. The van der Waals surface area contributed by atoms with Gasteiger partial charge in [-0.15, -0.1) is 0 Å². The van der Waals surface area contributed by atoms with Crippen LogP contribution in [-0.4, -0.2) is 33.3 Å². The van der Waals surface area contributed by atoms with Crippen LogP contribution >= 0.6 is 0 Å². The number of anilines is 1. The first kappa shape index (κ1) is 11.8. The molecule has 0 aromatic heterocycles. The molecule has 1 aromatic rings. The van der Waals surface area contributed by atoms with E-state index in [0.29, 0.717) is 0 Å². The van der Waals surface area contributed by atoms with Crippen LogP contribution in [-0.2, 0) is 3.74 Å². The Hall–Kier alpha value is -1.23. The number of phenolic OH excluding ortho intramolecular Hbond substituents is 1. The third kappa shape index (κ3) is 2.23. The third-order valence-corrected chi connectivity index (χ3v) is 3.96. The summed E-state index contributed by atoms with van der Waals surface area (Å²) < 4.78 is 28.2. The maximum absolute atomic E-state index is 11.0. The number of carbonyl (C=O) groups excluding carboxylic acids is 1. The van der Waals surface area contributed by atoms with Crippen LogP contribution in [0, 0.1) is 0 Å². The second-order valence-electron chi connectivity index (χ2n) is 2.99. The van der Waals surface area contributed by atoms with Crippen LogP contribution in [0.5, 0.6) is 5.75 Å². The van der Waals surface area contributed by atoms with Gasteiger partial charge in [-0.25, -0.2) is 0 Å². The Balaban J connectivity index is 3.47. The predicted molar refractivity (Wildman–Crippen MR) is 53.0 cm³/mol. The molecule has 0 unspecified atom stereocenters. The number of nitrogens with two attached hydrogens (primary N) is 1. The molecule has 82 valence electrons. The van der Waals surface area contributed by atoms with Crippen LogP contribution in [0.2, 0.25) is 0 Å². The fraction of sp³-hybridized carbons (Fsp3) is 0.125. The van der Waals surface area contributed by atoms with Crippen LogP contribution in [0.15, 0.2) is 12.1 Å². The van der Waals surface area contributed by atoms with Crippen molar-refractivity contribution in [2.24, 2.45) is 0 Å². The zero-order valence-electron chi connectivity index (χ0n) is 7.84. The molecule has 7 heteroatoms. The number of ketones is 1. The number of carbonyl (C=O) groups is 1. The molecule has 0 fully saturated rings. The van der Waals surface area contributed by atoms with Crippen LogP contribution in [0.3, 0.4) is 0 Å². The van der Waals surface area contributed by atoms with Gasteiger partial charge < -0.3 is 0 Å². The van der Waals surface area contributed by atoms with Crippen molar-refractivity contribution in [1.29, 1.82) is 0 Å². The van der Waals surface area contributed by atoms with Crippen molar-refractivity contribution in [3.63, 3.8) is 0 Å². The fourth-order valence-electron chi connectivity index (χ4n) is 1.14. The van der Waals surface area contributed by atoms with Crippen molar-refractivity contribution >= 4 is 30.0 Å². The summed E-state index contributed by atoms with van der Waals surface area (Å²) in [5.74, 6) is -1.09. The topological polar surface area (TPSA) is 121 Å². The van der Waals surface area contributed by atoms with Crippen molar-refractivity contribution in [2.75, 3.05) is 5.73 Å². The van der Waals surface area contributed by atoms with Crippen molar-refractivity contribution in [2.45, 2.75) is 6.92 Å². The number of phenols is 1. The number of Topliss-reactive ketones (excluding diaryl/α,β-unsaturated/α-hetero) is 1. The van der Waals surface area contributed by atoms with E-state index < -0.39 is 24.3 Å². The van der Waals surface area contributed by atoms with Crippen molar-refractivity contribution in [3.8, 4) is 5.75 Å². The average molecular weight is 275 g/mol. The van der Waals surface area contributed by atoms with E-state index in [2.05, 4.69) is 0 Å². The Morgan fingerprint density at radius 2 is 1.93 bits per heavy atom. The Bertz CT molecular complexity index is 464. The van der Waals surface area contributed by atoms with E-state index in [4.69, 9.17) is 13.9 Å². The molecule has 0 amide bonds. The first-order valence-electron chi connectivity index (χ1n) is 3.93. The molecule has 0 saturated carbocycles. The molecule has 6 nitrogen and oxygen atoms in total. The van der Waals surface area contributed by atoms with E-state index in [1.807, 2.05) is 0 Å². The summed E-state index contributed by atoms with van der Waals surface area (Å²) in [5, 5.41) is 9.41. The Morgan fingerprint density at radius 1 is 1.40 bits per heavy atom. The fourth-order valence-corrected chi connectivity index (χ4v) is 2.53. The summed E-state index contributed by atoms with van der Waals surface area (Å²) in [6, 6.07) is 2.20. The van der Waals surface area contributed by atoms with Crippen molar-refractivity contribution in [3.05, 3.63) is 17.7 Å². The minimum absolute atomic E-state index is 0.0419. The van der Waals surface area contributed by atoms with Crippen molar-refractivity contribution in [1.82, 2.24) is 0 Å². The normalized spacial score (nSPS) is 11.4. The van der Waals surface area contributed by atoms with Crippen LogP contribution < -0.4 is 10.1 Å². The molecule has 0 aliphatic heterocycles. The standard InChI is InChI=1S/C8H10AsNO5/c1-4(11)5-2-3-6(9(13,14)15)8(12)7(5)10/h2-3,12H,10H2,1H3,(H2,13,14,15). The molecule has 0 radical (unpaired) electrons. The number of benzene rings is 1. The monoisotopic (exact) mass is 275 g/mol. The second kappa shape index (κ2) is 3.73. The number of nitrogen functional groups attached to an aromatic ring is 1. The van der Waals surface area contributed by atoms with Gasteiger partial charge in [-0.2, -0.15) is 0 Å². The van der Waals surface area contributed by atoms with Crippen LogP contribution in [0.1, 0.15) is 17.3 Å². The maximum atomic E-state index is 11.0. The summed E-state index contributed by atoms with van der Waals surface area (Å²) in [6.07, 6.45) is 0. The van der Waals surface area contributed by atoms with Gasteiger partial charge in [-0.05, 0) is 0 Å². The summed E-state index contributed by atoms with van der Waals surface area (Å²) in [5.41, 5.74) is 5.12. The zero-order valence-corrected chi connectivity index (χ0v) is 9.71. The number of hydrogen-bond donors (Lipinski definition) is 4. The molecule has 1 aromatic carbocycles. The molecule has 0 aliphatic rings. The van der Waals surface area contributed by atoms with Gasteiger partial charge in [-0.1, -0.05) is 0 Å². The summed E-state index contributed by atoms with van der Waals surface area (Å²) in [7, 11) is 0. The van der Waals surface area contributed by atoms with Gasteiger partial charge >= 0.3 is 87.9 Å². The molecular weight excluding hydrogens is 265 g/mol. The van der Waals surface area contributed by atoms with Gasteiger partial charge in [0, 0.05) is 0 Å². The SMILES string of the molecule is CC(=O)c1ccc([As](=O)(O)O)c(O)c1N. The third-order valence-electron chi connectivity index (χ3n) is 1.89. The van der Waals surface area contributed by atoms with Crippen molar-refractivity contribution < 1.29 is 21.8 Å². The first-order chi connectivity index (χ1) is 6.75. The number of aromatic hydroxyl groups is 1. The Kier molecular flexibility index (Phi) is 2.95. The van der Waals surface area contributed by atoms with Gasteiger partial charge in [-0.3, -0.25) is 0 Å². The Morgan fingerprint density at radius 3 is 2.33 bits per heavy atom. The van der Waals surface area contributed by atoms with E-state index in [9.17, 15) is 13.6 Å². The minimum atomic E-state index is -5.20. The summed E-state index contributed by atoms with van der Waals surface area (Å²) in [4.78, 5) is 11.0. The molecule has 5 N–H and O–H groups in total. The van der Waals surface area contributed by atoms with Gasteiger partial charge in [0.1, 0.15) is 0 Å². The molecule has 15 heavy (non-hydrogen) atoms. The molecule has 0 atom stereocenters. The average Bonchev–Trinajstić information content (AvgIpc) is 2.06. The summed E-state index contributed by atoms with van der Waals surface area (Å²) >= 11 is -5.20. The van der Waals surface area contributed by atoms with E-state index in [1.54, 1.807) is 0 Å². The quantitative estimate of drug-likeness (QED) is 0.231. The molecule has 0 aliphatic carbocycles. The van der Waals surface area contributed by atoms with E-state index in [0.717, 1.165) is 6.07 Å². The Labute approximate surface area is 88.3 Å². The van der Waals surface area contributed by atoms with E-state index in [-0.39, 0.29) is 17.0 Å². The molecular formula is C8H10AsNO5. The molecule has 0 heterocycles. The second-order valence-corrected chi connectivity index (χ2v) is 6.29. The first-order valence-corrected chi connectivity index (χ1v) is 7.32. The molecule has 1 rings (SSSR count). The van der Waals surface area contributed by atoms with E-state index in [1.165, 1.54) is 13.0 Å². The summed E-state index contributed by atoms with van der Waals surface area (Å²) in [6.45, 7) is 1.24. The van der Waals surface area contributed by atoms with Crippen LogP contribution in [0.25, 0.3) is 0 Å². The predicted octanol–water partition coefficient (Wildman–Crippen LogP) is -1.26. The van der Waals surface area contributed by atoms with E-state index >= 15 is 0 Å². The van der Waals surface area contributed by atoms with Gasteiger partial charge in [0.15, 0.2) is 0 Å². The number of rotatable bonds is 2. The van der Waals surface area contributed by atoms with Gasteiger partial charge in [0.05, 0.1) is 0 Å². The molecule has 0 saturated heterocycles. The van der Waals surface area contributed by atoms with Crippen LogP contribution in [0.4, 0.5) is 5.69 Å². The molecule has 0 bridgehead atoms. The van der Waals surface area contributed by atoms with Gasteiger partial charge in [0.25, 0.3) is 0 Å². The zero-order chi connectivity index (χ0) is 11.8.